The summed E-state index contributed by atoms with van der Waals surface area (Å²) >= 11 is 1.61. The molecule has 1 heterocycles. The Labute approximate surface area is 121 Å². The highest BCUT2D eigenvalue weighted by Gasteiger charge is 2.07. The molecule has 0 saturated heterocycles. The predicted octanol–water partition coefficient (Wildman–Crippen LogP) is 3.53. The highest BCUT2D eigenvalue weighted by molar-refractivity contribution is 7.18. The van der Waals surface area contributed by atoms with Crippen LogP contribution in [0, 0.1) is 6.92 Å². The van der Waals surface area contributed by atoms with Crippen molar-refractivity contribution in [3.8, 4) is 0 Å². The van der Waals surface area contributed by atoms with Crippen LogP contribution in [0.25, 0.3) is 10.2 Å². The van der Waals surface area contributed by atoms with Crippen molar-refractivity contribution in [2.24, 2.45) is 0 Å². The minimum absolute atomic E-state index is 0.0621. The van der Waals surface area contributed by atoms with Gasteiger partial charge in [0.05, 0.1) is 16.8 Å². The number of hydrogen-bond donors (Lipinski definition) is 1. The van der Waals surface area contributed by atoms with Crippen LogP contribution in [-0.4, -0.2) is 10.9 Å². The topological polar surface area (TPSA) is 42.0 Å². The van der Waals surface area contributed by atoms with E-state index in [0.717, 1.165) is 20.8 Å². The minimum atomic E-state index is -0.0621. The second-order valence-corrected chi connectivity index (χ2v) is 5.74. The summed E-state index contributed by atoms with van der Waals surface area (Å²) < 4.78 is 1.15. The van der Waals surface area contributed by atoms with E-state index in [-0.39, 0.29) is 5.91 Å². The van der Waals surface area contributed by atoms with Crippen molar-refractivity contribution in [1.29, 1.82) is 0 Å². The van der Waals surface area contributed by atoms with Crippen molar-refractivity contribution in [2.75, 3.05) is 0 Å². The number of aryl methyl sites for hydroxylation is 1. The maximum absolute atomic E-state index is 12.1. The van der Waals surface area contributed by atoms with E-state index in [2.05, 4.69) is 10.3 Å². The molecule has 1 amide bonds. The number of fused-ring (bicyclic) bond motifs is 1. The fourth-order valence-electron chi connectivity index (χ4n) is 2.04. The second kappa shape index (κ2) is 5.43. The number of hydrogen-bond acceptors (Lipinski definition) is 3. The number of carbonyl (C=O) groups excluding carboxylic acids is 1. The summed E-state index contributed by atoms with van der Waals surface area (Å²) in [4.78, 5) is 16.6. The summed E-state index contributed by atoms with van der Waals surface area (Å²) in [7, 11) is 0. The monoisotopic (exact) mass is 282 g/mol. The molecule has 4 heteroatoms. The van der Waals surface area contributed by atoms with Gasteiger partial charge in [-0.05, 0) is 31.2 Å². The standard InChI is InChI=1S/C16H14N2OS/c1-11-5-4-6-12(9-11)16(19)17-10-15-18-13-7-2-3-8-14(13)20-15/h2-9H,10H2,1H3,(H,17,19). The Bertz CT molecular complexity index is 731. The molecule has 3 rings (SSSR count). The van der Waals surface area contributed by atoms with Crippen LogP contribution in [-0.2, 0) is 6.54 Å². The third-order valence-corrected chi connectivity index (χ3v) is 4.05. The average molecular weight is 282 g/mol. The lowest BCUT2D eigenvalue weighted by Gasteiger charge is -2.03. The van der Waals surface area contributed by atoms with Crippen molar-refractivity contribution < 1.29 is 4.79 Å². The lowest BCUT2D eigenvalue weighted by molar-refractivity contribution is 0.0951. The van der Waals surface area contributed by atoms with E-state index < -0.39 is 0 Å². The van der Waals surface area contributed by atoms with Crippen molar-refractivity contribution >= 4 is 27.5 Å². The van der Waals surface area contributed by atoms with E-state index in [4.69, 9.17) is 0 Å². The number of amides is 1. The average Bonchev–Trinajstić information content (AvgIpc) is 2.87. The van der Waals surface area contributed by atoms with Crippen molar-refractivity contribution in [1.82, 2.24) is 10.3 Å². The molecule has 2 aromatic carbocycles. The first-order valence-electron chi connectivity index (χ1n) is 6.42. The van der Waals surface area contributed by atoms with Gasteiger partial charge in [0.25, 0.3) is 5.91 Å². The summed E-state index contributed by atoms with van der Waals surface area (Å²) in [6.45, 7) is 2.44. The van der Waals surface area contributed by atoms with Crippen LogP contribution in [0.15, 0.2) is 48.5 Å². The Morgan fingerprint density at radius 3 is 2.85 bits per heavy atom. The van der Waals surface area contributed by atoms with Crippen LogP contribution in [0.1, 0.15) is 20.9 Å². The van der Waals surface area contributed by atoms with Crippen LogP contribution >= 0.6 is 11.3 Å². The molecule has 0 aliphatic rings. The van der Waals surface area contributed by atoms with Crippen LogP contribution in [0.4, 0.5) is 0 Å². The van der Waals surface area contributed by atoms with Gasteiger partial charge in [0.1, 0.15) is 5.01 Å². The number of rotatable bonds is 3. The Kier molecular flexibility index (Phi) is 3.48. The molecule has 0 radical (unpaired) electrons. The molecule has 3 nitrogen and oxygen atoms in total. The SMILES string of the molecule is Cc1cccc(C(=O)NCc2nc3ccccc3s2)c1. The molecule has 0 bridgehead atoms. The van der Waals surface area contributed by atoms with Gasteiger partial charge >= 0.3 is 0 Å². The Hall–Kier alpha value is -2.20. The fraction of sp³-hybridized carbons (Fsp3) is 0.125. The predicted molar refractivity (Wildman–Crippen MR) is 82.0 cm³/mol. The van der Waals surface area contributed by atoms with Gasteiger partial charge in [-0.2, -0.15) is 0 Å². The molecular formula is C16H14N2OS. The molecule has 0 aliphatic carbocycles. The summed E-state index contributed by atoms with van der Waals surface area (Å²) in [6.07, 6.45) is 0. The molecular weight excluding hydrogens is 268 g/mol. The smallest absolute Gasteiger partial charge is 0.251 e. The quantitative estimate of drug-likeness (QED) is 0.798. The summed E-state index contributed by atoms with van der Waals surface area (Å²) in [5.74, 6) is -0.0621. The minimum Gasteiger partial charge on any atom is -0.346 e. The van der Waals surface area contributed by atoms with E-state index >= 15 is 0 Å². The molecule has 0 aliphatic heterocycles. The molecule has 3 aromatic rings. The van der Waals surface area contributed by atoms with E-state index in [1.54, 1.807) is 11.3 Å². The molecule has 0 saturated carbocycles. The van der Waals surface area contributed by atoms with Gasteiger partial charge in [-0.3, -0.25) is 4.79 Å². The number of nitrogens with one attached hydrogen (secondary N) is 1. The van der Waals surface area contributed by atoms with Gasteiger partial charge in [-0.25, -0.2) is 4.98 Å². The van der Waals surface area contributed by atoms with Gasteiger partial charge in [0.2, 0.25) is 0 Å². The maximum atomic E-state index is 12.1. The lowest BCUT2D eigenvalue weighted by Crippen LogP contribution is -2.22. The summed E-state index contributed by atoms with van der Waals surface area (Å²) in [6, 6.07) is 15.6. The first-order chi connectivity index (χ1) is 9.72. The van der Waals surface area contributed by atoms with Crippen LogP contribution in [0.5, 0.6) is 0 Å². The maximum Gasteiger partial charge on any atom is 0.251 e. The zero-order valence-corrected chi connectivity index (χ0v) is 11.9. The van der Waals surface area contributed by atoms with Gasteiger partial charge < -0.3 is 5.32 Å². The number of aromatic nitrogens is 1. The molecule has 20 heavy (non-hydrogen) atoms. The molecule has 0 fully saturated rings. The Balaban J connectivity index is 1.71. The van der Waals surface area contributed by atoms with Crippen molar-refractivity contribution in [2.45, 2.75) is 13.5 Å². The third kappa shape index (κ3) is 2.70. The van der Waals surface area contributed by atoms with Gasteiger partial charge in [-0.1, -0.05) is 29.8 Å². The van der Waals surface area contributed by atoms with E-state index in [9.17, 15) is 4.79 Å². The lowest BCUT2D eigenvalue weighted by atomic mass is 10.1. The molecule has 0 atom stereocenters. The number of para-hydroxylation sites is 1. The summed E-state index contributed by atoms with van der Waals surface area (Å²) in [5.41, 5.74) is 2.75. The van der Waals surface area contributed by atoms with Crippen LogP contribution < -0.4 is 5.32 Å². The molecule has 1 N–H and O–H groups in total. The van der Waals surface area contributed by atoms with Gasteiger partial charge in [0, 0.05) is 5.56 Å². The number of nitrogens with zero attached hydrogens (tertiary/aromatic N) is 1. The fourth-order valence-corrected chi connectivity index (χ4v) is 2.95. The Morgan fingerprint density at radius 1 is 1.20 bits per heavy atom. The van der Waals surface area contributed by atoms with E-state index in [1.807, 2.05) is 55.5 Å². The van der Waals surface area contributed by atoms with E-state index in [1.165, 1.54) is 0 Å². The first kappa shape index (κ1) is 12.8. The number of thiazole rings is 1. The molecule has 1 aromatic heterocycles. The van der Waals surface area contributed by atoms with Gasteiger partial charge in [0.15, 0.2) is 0 Å². The van der Waals surface area contributed by atoms with Crippen molar-refractivity contribution in [3.63, 3.8) is 0 Å². The first-order valence-corrected chi connectivity index (χ1v) is 7.23. The second-order valence-electron chi connectivity index (χ2n) is 4.63. The van der Waals surface area contributed by atoms with E-state index in [0.29, 0.717) is 12.1 Å². The normalized spacial score (nSPS) is 10.7. The molecule has 0 unspecified atom stereocenters. The van der Waals surface area contributed by atoms with Crippen molar-refractivity contribution in [3.05, 3.63) is 64.7 Å². The van der Waals surface area contributed by atoms with Crippen LogP contribution in [0.3, 0.4) is 0 Å². The highest BCUT2D eigenvalue weighted by Crippen LogP contribution is 2.21. The largest absolute Gasteiger partial charge is 0.346 e. The number of carbonyl (C=O) groups is 1. The molecule has 0 spiro atoms. The zero-order valence-electron chi connectivity index (χ0n) is 11.1. The highest BCUT2D eigenvalue weighted by atomic mass is 32.1. The third-order valence-electron chi connectivity index (χ3n) is 3.02. The number of benzene rings is 2. The Morgan fingerprint density at radius 2 is 2.05 bits per heavy atom. The summed E-state index contributed by atoms with van der Waals surface area (Å²) in [5, 5.41) is 3.84. The van der Waals surface area contributed by atoms with Gasteiger partial charge in [-0.15, -0.1) is 11.3 Å². The van der Waals surface area contributed by atoms with Crippen LogP contribution in [0.2, 0.25) is 0 Å². The zero-order chi connectivity index (χ0) is 13.9. The molecule has 100 valence electrons.